The summed E-state index contributed by atoms with van der Waals surface area (Å²) in [6.07, 6.45) is 6.94. The minimum absolute atomic E-state index is 0.784. The fourth-order valence-electron chi connectivity index (χ4n) is 3.98. The van der Waals surface area contributed by atoms with E-state index in [-0.39, 0.29) is 0 Å². The Morgan fingerprint density at radius 3 is 1.40 bits per heavy atom. The molecule has 25 heavy (non-hydrogen) atoms. The lowest BCUT2D eigenvalue weighted by molar-refractivity contribution is 0.443. The maximum atomic E-state index is 2.35. The predicted octanol–water partition coefficient (Wildman–Crippen LogP) is 7.38. The van der Waals surface area contributed by atoms with Crippen LogP contribution in [-0.2, 0) is 0 Å². The third-order valence-electron chi connectivity index (χ3n) is 5.59. The molecule has 4 rings (SSSR count). The zero-order chi connectivity index (χ0) is 17.1. The van der Waals surface area contributed by atoms with Crippen molar-refractivity contribution in [3.05, 3.63) is 83.9 Å². The molecule has 0 heterocycles. The highest BCUT2D eigenvalue weighted by Gasteiger charge is 2.15. The van der Waals surface area contributed by atoms with Crippen LogP contribution < -0.4 is 0 Å². The van der Waals surface area contributed by atoms with Gasteiger partial charge in [-0.25, -0.2) is 0 Å². The molecule has 0 saturated heterocycles. The molecular formula is C25H26. The van der Waals surface area contributed by atoms with Crippen molar-refractivity contribution in [2.24, 2.45) is 0 Å². The van der Waals surface area contributed by atoms with Crippen LogP contribution in [0.2, 0.25) is 0 Å². The lowest BCUT2D eigenvalue weighted by Gasteiger charge is -2.22. The van der Waals surface area contributed by atoms with Gasteiger partial charge < -0.3 is 0 Å². The van der Waals surface area contributed by atoms with E-state index in [4.69, 9.17) is 0 Å². The monoisotopic (exact) mass is 326 g/mol. The van der Waals surface area contributed by atoms with E-state index in [1.165, 1.54) is 65.5 Å². The van der Waals surface area contributed by atoms with Crippen molar-refractivity contribution < 1.29 is 0 Å². The van der Waals surface area contributed by atoms with Gasteiger partial charge in [0.15, 0.2) is 0 Å². The van der Waals surface area contributed by atoms with Crippen molar-refractivity contribution in [2.75, 3.05) is 0 Å². The second kappa shape index (κ2) is 7.27. The maximum absolute atomic E-state index is 2.35. The molecule has 0 atom stereocenters. The van der Waals surface area contributed by atoms with Crippen LogP contribution in [0.1, 0.15) is 49.1 Å². The lowest BCUT2D eigenvalue weighted by atomic mass is 9.83. The van der Waals surface area contributed by atoms with Gasteiger partial charge in [-0.3, -0.25) is 0 Å². The molecule has 0 N–H and O–H groups in total. The smallest absolute Gasteiger partial charge is 0.0162 e. The first kappa shape index (κ1) is 16.1. The summed E-state index contributed by atoms with van der Waals surface area (Å²) in [7, 11) is 0. The number of benzene rings is 3. The predicted molar refractivity (Wildman–Crippen MR) is 108 cm³/mol. The normalized spacial score (nSPS) is 15.2. The van der Waals surface area contributed by atoms with Crippen molar-refractivity contribution in [2.45, 2.75) is 44.9 Å². The van der Waals surface area contributed by atoms with Gasteiger partial charge in [0.25, 0.3) is 0 Å². The van der Waals surface area contributed by atoms with Crippen LogP contribution in [0, 0.1) is 6.92 Å². The summed E-state index contributed by atoms with van der Waals surface area (Å²) in [5.41, 5.74) is 8.01. The van der Waals surface area contributed by atoms with E-state index in [9.17, 15) is 0 Å². The molecule has 3 aromatic rings. The highest BCUT2D eigenvalue weighted by Crippen LogP contribution is 2.33. The van der Waals surface area contributed by atoms with Crippen molar-refractivity contribution >= 4 is 0 Å². The molecule has 0 heteroatoms. The van der Waals surface area contributed by atoms with Crippen LogP contribution in [0.4, 0.5) is 0 Å². The Bertz CT molecular complexity index is 801. The van der Waals surface area contributed by atoms with Gasteiger partial charge >= 0.3 is 0 Å². The molecular weight excluding hydrogens is 300 g/mol. The SMILES string of the molecule is Cc1ccc(-c2ccc(-c3ccc(C4CCCCC4)cc3)cc2)cc1. The molecule has 1 saturated carbocycles. The van der Waals surface area contributed by atoms with Crippen molar-refractivity contribution in [3.8, 4) is 22.3 Å². The number of hydrogen-bond acceptors (Lipinski definition) is 0. The Kier molecular flexibility index (Phi) is 4.70. The van der Waals surface area contributed by atoms with Crippen LogP contribution in [0.5, 0.6) is 0 Å². The number of hydrogen-bond donors (Lipinski definition) is 0. The minimum Gasteiger partial charge on any atom is -0.0587 e. The zero-order valence-electron chi connectivity index (χ0n) is 15.0. The van der Waals surface area contributed by atoms with Gasteiger partial charge in [0, 0.05) is 0 Å². The molecule has 0 nitrogen and oxygen atoms in total. The largest absolute Gasteiger partial charge is 0.0587 e. The van der Waals surface area contributed by atoms with E-state index in [2.05, 4.69) is 79.7 Å². The summed E-state index contributed by atoms with van der Waals surface area (Å²) >= 11 is 0. The van der Waals surface area contributed by atoms with E-state index in [1.807, 2.05) is 0 Å². The summed E-state index contributed by atoms with van der Waals surface area (Å²) < 4.78 is 0. The third-order valence-corrected chi connectivity index (χ3v) is 5.59. The van der Waals surface area contributed by atoms with E-state index in [1.54, 1.807) is 0 Å². The average Bonchev–Trinajstić information content (AvgIpc) is 2.70. The van der Waals surface area contributed by atoms with Gasteiger partial charge in [-0.2, -0.15) is 0 Å². The van der Waals surface area contributed by atoms with Crippen LogP contribution in [0.3, 0.4) is 0 Å². The van der Waals surface area contributed by atoms with Gasteiger partial charge in [0.05, 0.1) is 0 Å². The zero-order valence-corrected chi connectivity index (χ0v) is 15.0. The first-order valence-electron chi connectivity index (χ1n) is 9.57. The highest BCUT2D eigenvalue weighted by molar-refractivity contribution is 5.70. The van der Waals surface area contributed by atoms with E-state index in [0.717, 1.165) is 5.92 Å². The summed E-state index contributed by atoms with van der Waals surface area (Å²) in [5.74, 6) is 0.784. The lowest BCUT2D eigenvalue weighted by Crippen LogP contribution is -2.04. The molecule has 1 fully saturated rings. The molecule has 0 spiro atoms. The Hall–Kier alpha value is -2.34. The minimum atomic E-state index is 0.784. The summed E-state index contributed by atoms with van der Waals surface area (Å²) in [6.45, 7) is 2.13. The van der Waals surface area contributed by atoms with Crippen molar-refractivity contribution in [1.82, 2.24) is 0 Å². The number of rotatable bonds is 3. The molecule has 0 bridgehead atoms. The summed E-state index contributed by atoms with van der Waals surface area (Å²) in [4.78, 5) is 0. The molecule has 126 valence electrons. The fourth-order valence-corrected chi connectivity index (χ4v) is 3.98. The van der Waals surface area contributed by atoms with Gasteiger partial charge in [-0.1, -0.05) is 97.6 Å². The Balaban J connectivity index is 1.52. The summed E-state index contributed by atoms with van der Waals surface area (Å²) in [6, 6.07) is 27.0. The van der Waals surface area contributed by atoms with E-state index < -0.39 is 0 Å². The van der Waals surface area contributed by atoms with Crippen LogP contribution >= 0.6 is 0 Å². The standard InChI is InChI=1S/C25H26/c1-19-7-9-21(10-8-19)23-15-17-25(18-16-23)24-13-11-22(12-14-24)20-5-3-2-4-6-20/h7-18,20H,2-6H2,1H3. The second-order valence-electron chi connectivity index (χ2n) is 7.40. The highest BCUT2D eigenvalue weighted by atomic mass is 14.2. The Labute approximate surface area is 151 Å². The van der Waals surface area contributed by atoms with Gasteiger partial charge in [0.2, 0.25) is 0 Å². The van der Waals surface area contributed by atoms with Crippen LogP contribution in [0.15, 0.2) is 72.8 Å². The number of aryl methyl sites for hydroxylation is 1. The topological polar surface area (TPSA) is 0 Å². The Morgan fingerprint density at radius 2 is 0.920 bits per heavy atom. The molecule has 0 radical (unpaired) electrons. The molecule has 1 aliphatic carbocycles. The van der Waals surface area contributed by atoms with Gasteiger partial charge in [-0.05, 0) is 53.5 Å². The summed E-state index contributed by atoms with van der Waals surface area (Å²) in [5, 5.41) is 0. The molecule has 3 aromatic carbocycles. The fraction of sp³-hybridized carbons (Fsp3) is 0.280. The molecule has 1 aliphatic rings. The average molecular weight is 326 g/mol. The van der Waals surface area contributed by atoms with Crippen molar-refractivity contribution in [1.29, 1.82) is 0 Å². The van der Waals surface area contributed by atoms with E-state index in [0.29, 0.717) is 0 Å². The van der Waals surface area contributed by atoms with Crippen molar-refractivity contribution in [3.63, 3.8) is 0 Å². The van der Waals surface area contributed by atoms with Crippen LogP contribution in [-0.4, -0.2) is 0 Å². The molecule has 0 unspecified atom stereocenters. The third kappa shape index (κ3) is 3.69. The quantitative estimate of drug-likeness (QED) is 0.471. The second-order valence-corrected chi connectivity index (χ2v) is 7.40. The Morgan fingerprint density at radius 1 is 0.520 bits per heavy atom. The molecule has 0 aliphatic heterocycles. The van der Waals surface area contributed by atoms with Gasteiger partial charge in [0.1, 0.15) is 0 Å². The van der Waals surface area contributed by atoms with Crippen LogP contribution in [0.25, 0.3) is 22.3 Å². The van der Waals surface area contributed by atoms with Gasteiger partial charge in [-0.15, -0.1) is 0 Å². The maximum Gasteiger partial charge on any atom is -0.0162 e. The van der Waals surface area contributed by atoms with E-state index >= 15 is 0 Å². The first-order valence-corrected chi connectivity index (χ1v) is 9.57. The first-order chi connectivity index (χ1) is 12.3. The molecule has 0 aromatic heterocycles. The molecule has 0 amide bonds.